The smallest absolute Gasteiger partial charge is 0.250 e. The second-order valence-corrected chi connectivity index (χ2v) is 6.99. The Morgan fingerprint density at radius 3 is 2.54 bits per heavy atom. The number of benzene rings is 1. The first kappa shape index (κ1) is 18.4. The zero-order chi connectivity index (χ0) is 18.2. The van der Waals surface area contributed by atoms with Crippen molar-refractivity contribution in [3.63, 3.8) is 0 Å². The van der Waals surface area contributed by atoms with Crippen molar-refractivity contribution < 1.29 is 4.79 Å². The van der Waals surface area contributed by atoms with E-state index in [1.807, 2.05) is 30.3 Å². The van der Waals surface area contributed by atoms with Gasteiger partial charge in [-0.2, -0.15) is 0 Å². The monoisotopic (exact) mass is 353 g/mol. The van der Waals surface area contributed by atoms with Gasteiger partial charge < -0.3 is 15.2 Å². The van der Waals surface area contributed by atoms with Gasteiger partial charge in [-0.3, -0.25) is 9.59 Å². The highest BCUT2D eigenvalue weighted by molar-refractivity contribution is 5.75. The molecule has 1 amide bonds. The molecule has 0 bridgehead atoms. The van der Waals surface area contributed by atoms with Crippen molar-refractivity contribution in [2.24, 2.45) is 5.92 Å². The third kappa shape index (κ3) is 5.56. The molecule has 26 heavy (non-hydrogen) atoms. The first-order valence-electron chi connectivity index (χ1n) is 9.41. The van der Waals surface area contributed by atoms with Gasteiger partial charge in [-0.15, -0.1) is 0 Å². The van der Waals surface area contributed by atoms with Crippen molar-refractivity contribution in [3.05, 3.63) is 70.1 Å². The molecule has 0 radical (unpaired) electrons. The van der Waals surface area contributed by atoms with Gasteiger partial charge in [-0.05, 0) is 55.5 Å². The summed E-state index contributed by atoms with van der Waals surface area (Å²) in [6, 6.07) is 13.2. The maximum absolute atomic E-state index is 12.0. The van der Waals surface area contributed by atoms with Gasteiger partial charge in [0, 0.05) is 25.2 Å². The first-order chi connectivity index (χ1) is 12.7. The molecule has 1 saturated heterocycles. The molecule has 2 N–H and O–H groups in total. The lowest BCUT2D eigenvalue weighted by atomic mass is 9.93. The summed E-state index contributed by atoms with van der Waals surface area (Å²) in [6.45, 7) is 3.26. The summed E-state index contributed by atoms with van der Waals surface area (Å²) < 4.78 is 1.68. The van der Waals surface area contributed by atoms with Gasteiger partial charge in [0.2, 0.25) is 5.91 Å². The predicted octanol–water partition coefficient (Wildman–Crippen LogP) is 2.29. The van der Waals surface area contributed by atoms with Crippen molar-refractivity contribution in [1.29, 1.82) is 0 Å². The van der Waals surface area contributed by atoms with Gasteiger partial charge in [0.1, 0.15) is 0 Å². The maximum Gasteiger partial charge on any atom is 0.250 e. The van der Waals surface area contributed by atoms with Gasteiger partial charge >= 0.3 is 0 Å². The van der Waals surface area contributed by atoms with Crippen LogP contribution in [0.15, 0.2) is 53.5 Å². The highest BCUT2D eigenvalue weighted by Gasteiger charge is 2.14. The van der Waals surface area contributed by atoms with Crippen molar-refractivity contribution in [3.8, 4) is 0 Å². The largest absolute Gasteiger partial charge is 0.352 e. The SMILES string of the molecule is O=C(CCC1CCNCC1)NCc1ccc(Cn2ccccc2=O)cc1. The van der Waals surface area contributed by atoms with Gasteiger partial charge in [0.15, 0.2) is 0 Å². The second-order valence-electron chi connectivity index (χ2n) is 6.99. The number of hydrogen-bond acceptors (Lipinski definition) is 3. The molecule has 0 atom stereocenters. The number of hydrogen-bond donors (Lipinski definition) is 2. The number of nitrogens with zero attached hydrogens (tertiary/aromatic N) is 1. The normalized spacial score (nSPS) is 14.9. The fourth-order valence-electron chi connectivity index (χ4n) is 3.35. The number of rotatable bonds is 7. The fraction of sp³-hybridized carbons (Fsp3) is 0.429. The van der Waals surface area contributed by atoms with Crippen molar-refractivity contribution in [1.82, 2.24) is 15.2 Å². The summed E-state index contributed by atoms with van der Waals surface area (Å²) in [4.78, 5) is 23.8. The molecule has 0 spiro atoms. The molecular weight excluding hydrogens is 326 g/mol. The number of aromatic nitrogens is 1. The Kier molecular flexibility index (Phi) is 6.61. The molecule has 1 aliphatic rings. The van der Waals surface area contributed by atoms with Crippen molar-refractivity contribution >= 4 is 5.91 Å². The van der Waals surface area contributed by atoms with Crippen LogP contribution in [0.2, 0.25) is 0 Å². The Balaban J connectivity index is 1.43. The summed E-state index contributed by atoms with van der Waals surface area (Å²) in [5, 5.41) is 6.36. The standard InChI is InChI=1S/C21H27N3O2/c25-20(9-8-17-10-12-22-13-11-17)23-15-18-4-6-19(7-5-18)16-24-14-2-1-3-21(24)26/h1-7,14,17,22H,8-13,15-16H2,(H,23,25). The molecule has 0 saturated carbocycles. The second kappa shape index (κ2) is 9.34. The first-order valence-corrected chi connectivity index (χ1v) is 9.41. The Morgan fingerprint density at radius 2 is 1.81 bits per heavy atom. The molecule has 138 valence electrons. The summed E-state index contributed by atoms with van der Waals surface area (Å²) in [6.07, 6.45) is 5.75. The lowest BCUT2D eigenvalue weighted by molar-refractivity contribution is -0.121. The van der Waals surface area contributed by atoms with E-state index in [1.54, 1.807) is 22.9 Å². The highest BCUT2D eigenvalue weighted by atomic mass is 16.1. The molecule has 5 nitrogen and oxygen atoms in total. The zero-order valence-corrected chi connectivity index (χ0v) is 15.1. The minimum atomic E-state index is -0.00223. The molecule has 1 aromatic heterocycles. The molecular formula is C21H27N3O2. The summed E-state index contributed by atoms with van der Waals surface area (Å²) >= 11 is 0. The topological polar surface area (TPSA) is 63.1 Å². The van der Waals surface area contributed by atoms with Crippen LogP contribution in [0.3, 0.4) is 0 Å². The van der Waals surface area contributed by atoms with E-state index in [-0.39, 0.29) is 11.5 Å². The average Bonchev–Trinajstić information content (AvgIpc) is 2.68. The number of carbonyl (C=O) groups excluding carboxylic acids is 1. The van der Waals surface area contributed by atoms with Gasteiger partial charge in [0.05, 0.1) is 6.54 Å². The van der Waals surface area contributed by atoms with E-state index in [1.165, 1.54) is 12.8 Å². The van der Waals surface area contributed by atoms with Gasteiger partial charge in [-0.1, -0.05) is 30.3 Å². The molecule has 1 aliphatic heterocycles. The van der Waals surface area contributed by atoms with E-state index in [9.17, 15) is 9.59 Å². The van der Waals surface area contributed by atoms with Crippen LogP contribution in [-0.4, -0.2) is 23.6 Å². The Morgan fingerprint density at radius 1 is 1.08 bits per heavy atom. The van der Waals surface area contributed by atoms with Crippen LogP contribution in [0.4, 0.5) is 0 Å². The Bertz CT molecular complexity index is 761. The molecule has 3 rings (SSSR count). The van der Waals surface area contributed by atoms with Crippen LogP contribution < -0.4 is 16.2 Å². The number of pyridine rings is 1. The van der Waals surface area contributed by atoms with Gasteiger partial charge in [0.25, 0.3) is 5.56 Å². The number of nitrogens with one attached hydrogen (secondary N) is 2. The van der Waals surface area contributed by atoms with Crippen LogP contribution >= 0.6 is 0 Å². The van der Waals surface area contributed by atoms with E-state index in [0.717, 1.165) is 30.6 Å². The highest BCUT2D eigenvalue weighted by Crippen LogP contribution is 2.17. The van der Waals surface area contributed by atoms with E-state index in [2.05, 4.69) is 10.6 Å². The fourth-order valence-corrected chi connectivity index (χ4v) is 3.35. The summed E-state index contributed by atoms with van der Waals surface area (Å²) in [5.41, 5.74) is 2.14. The van der Waals surface area contributed by atoms with E-state index in [0.29, 0.717) is 25.4 Å². The third-order valence-electron chi connectivity index (χ3n) is 5.00. The maximum atomic E-state index is 12.0. The third-order valence-corrected chi connectivity index (χ3v) is 5.00. The number of carbonyl (C=O) groups is 1. The lowest BCUT2D eigenvalue weighted by Gasteiger charge is -2.22. The van der Waals surface area contributed by atoms with Crippen molar-refractivity contribution in [2.75, 3.05) is 13.1 Å². The minimum absolute atomic E-state index is 0.00223. The van der Waals surface area contributed by atoms with E-state index >= 15 is 0 Å². The summed E-state index contributed by atoms with van der Waals surface area (Å²) in [5.74, 6) is 0.811. The zero-order valence-electron chi connectivity index (χ0n) is 15.1. The minimum Gasteiger partial charge on any atom is -0.352 e. The van der Waals surface area contributed by atoms with Crippen LogP contribution in [0.1, 0.15) is 36.8 Å². The molecule has 0 aliphatic carbocycles. The average molecular weight is 353 g/mol. The van der Waals surface area contributed by atoms with Crippen LogP contribution in [-0.2, 0) is 17.9 Å². The van der Waals surface area contributed by atoms with Crippen LogP contribution in [0.25, 0.3) is 0 Å². The van der Waals surface area contributed by atoms with Gasteiger partial charge in [-0.25, -0.2) is 0 Å². The quantitative estimate of drug-likeness (QED) is 0.803. The number of piperidine rings is 1. The molecule has 2 heterocycles. The molecule has 2 aromatic rings. The summed E-state index contributed by atoms with van der Waals surface area (Å²) in [7, 11) is 0. The Labute approximate surface area is 154 Å². The molecule has 0 unspecified atom stereocenters. The predicted molar refractivity (Wildman–Crippen MR) is 103 cm³/mol. The Hall–Kier alpha value is -2.40. The van der Waals surface area contributed by atoms with Crippen molar-refractivity contribution in [2.45, 2.75) is 38.8 Å². The molecule has 1 fully saturated rings. The molecule has 5 heteroatoms. The van der Waals surface area contributed by atoms with E-state index < -0.39 is 0 Å². The van der Waals surface area contributed by atoms with E-state index in [4.69, 9.17) is 0 Å². The van der Waals surface area contributed by atoms with Crippen LogP contribution in [0, 0.1) is 5.92 Å². The molecule has 1 aromatic carbocycles. The number of amides is 1. The van der Waals surface area contributed by atoms with Crippen LogP contribution in [0.5, 0.6) is 0 Å². The lowest BCUT2D eigenvalue weighted by Crippen LogP contribution is -2.29.